The smallest absolute Gasteiger partial charge is 0.410 e. The molecular weight excluding hydrogens is 516 g/mol. The van der Waals surface area contributed by atoms with Gasteiger partial charge in [-0.1, -0.05) is 17.7 Å². The molecular formula is C29H31ClN6O3. The number of piperidine rings is 1. The molecule has 1 N–H and O–H groups in total. The summed E-state index contributed by atoms with van der Waals surface area (Å²) < 4.78 is 11.4. The first-order valence-corrected chi connectivity index (χ1v) is 13.3. The molecule has 4 heterocycles. The molecule has 202 valence electrons. The summed E-state index contributed by atoms with van der Waals surface area (Å²) in [7, 11) is 0. The summed E-state index contributed by atoms with van der Waals surface area (Å²) in [6.45, 7) is 7.19. The van der Waals surface area contributed by atoms with Gasteiger partial charge in [0, 0.05) is 42.0 Å². The second-order valence-electron chi connectivity index (χ2n) is 10.5. The molecule has 1 fully saturated rings. The Morgan fingerprint density at radius 1 is 1.13 bits per heavy atom. The summed E-state index contributed by atoms with van der Waals surface area (Å²) in [5.74, 6) is 1.30. The average Bonchev–Trinajstić information content (AvgIpc) is 2.92. The largest absolute Gasteiger partial charge is 0.486 e. The lowest BCUT2D eigenvalue weighted by molar-refractivity contribution is 0.0197. The van der Waals surface area contributed by atoms with Gasteiger partial charge in [0.1, 0.15) is 30.1 Å². The average molecular weight is 547 g/mol. The van der Waals surface area contributed by atoms with Crippen molar-refractivity contribution in [3.8, 4) is 5.75 Å². The Kier molecular flexibility index (Phi) is 7.79. The highest BCUT2D eigenvalue weighted by Gasteiger charge is 2.29. The van der Waals surface area contributed by atoms with Crippen molar-refractivity contribution in [2.24, 2.45) is 0 Å². The van der Waals surface area contributed by atoms with E-state index < -0.39 is 5.60 Å². The summed E-state index contributed by atoms with van der Waals surface area (Å²) in [5.41, 5.74) is 2.66. The van der Waals surface area contributed by atoms with Crippen LogP contribution in [-0.2, 0) is 11.3 Å². The van der Waals surface area contributed by atoms with E-state index in [-0.39, 0.29) is 12.0 Å². The number of benzene rings is 1. The lowest BCUT2D eigenvalue weighted by Crippen LogP contribution is -2.42. The number of amides is 1. The van der Waals surface area contributed by atoms with E-state index in [0.717, 1.165) is 40.8 Å². The van der Waals surface area contributed by atoms with Crippen molar-refractivity contribution in [1.82, 2.24) is 24.8 Å². The second-order valence-corrected chi connectivity index (χ2v) is 10.9. The van der Waals surface area contributed by atoms with Crippen LogP contribution in [0.4, 0.5) is 16.3 Å². The number of carbonyl (C=O) groups excluding carboxylic acids is 1. The molecule has 1 atom stereocenters. The number of fused-ring (bicyclic) bond motifs is 1. The predicted molar refractivity (Wildman–Crippen MR) is 150 cm³/mol. The molecule has 3 aromatic heterocycles. The Morgan fingerprint density at radius 2 is 2.00 bits per heavy atom. The molecule has 0 bridgehead atoms. The first-order chi connectivity index (χ1) is 18.7. The number of rotatable bonds is 6. The zero-order valence-corrected chi connectivity index (χ0v) is 23.0. The molecule has 0 saturated carbocycles. The molecule has 0 radical (unpaired) electrons. The summed E-state index contributed by atoms with van der Waals surface area (Å²) in [5, 5.41) is 4.67. The van der Waals surface area contributed by atoms with Gasteiger partial charge < -0.3 is 19.7 Å². The maximum absolute atomic E-state index is 12.7. The lowest BCUT2D eigenvalue weighted by atomic mass is 9.94. The number of hydrogen-bond donors (Lipinski definition) is 1. The van der Waals surface area contributed by atoms with E-state index in [1.54, 1.807) is 23.4 Å². The molecule has 1 aliphatic rings. The fourth-order valence-corrected chi connectivity index (χ4v) is 4.71. The Balaban J connectivity index is 1.32. The van der Waals surface area contributed by atoms with Crippen molar-refractivity contribution in [3.05, 3.63) is 77.6 Å². The van der Waals surface area contributed by atoms with Crippen LogP contribution in [0.15, 0.2) is 61.2 Å². The highest BCUT2D eigenvalue weighted by molar-refractivity contribution is 6.32. The van der Waals surface area contributed by atoms with Gasteiger partial charge in [0.15, 0.2) is 0 Å². The zero-order valence-electron chi connectivity index (χ0n) is 22.2. The van der Waals surface area contributed by atoms with E-state index in [1.807, 2.05) is 57.2 Å². The van der Waals surface area contributed by atoms with Gasteiger partial charge in [0.25, 0.3) is 0 Å². The molecule has 5 rings (SSSR count). The van der Waals surface area contributed by atoms with Gasteiger partial charge in [-0.15, -0.1) is 0 Å². The molecule has 0 aliphatic carbocycles. The van der Waals surface area contributed by atoms with Gasteiger partial charge in [-0.3, -0.25) is 9.97 Å². The summed E-state index contributed by atoms with van der Waals surface area (Å²) in [4.78, 5) is 32.2. The van der Waals surface area contributed by atoms with E-state index in [0.29, 0.717) is 36.3 Å². The fraction of sp³-hybridized carbons (Fsp3) is 0.345. The third-order valence-corrected chi connectivity index (χ3v) is 6.63. The van der Waals surface area contributed by atoms with Crippen LogP contribution in [0, 0.1) is 0 Å². The van der Waals surface area contributed by atoms with Crippen LogP contribution in [0.5, 0.6) is 5.75 Å². The number of anilines is 2. The molecule has 39 heavy (non-hydrogen) atoms. The maximum Gasteiger partial charge on any atom is 0.410 e. The number of pyridine rings is 2. The molecule has 10 heteroatoms. The number of halogens is 1. The van der Waals surface area contributed by atoms with Crippen LogP contribution in [0.3, 0.4) is 0 Å². The van der Waals surface area contributed by atoms with Crippen LogP contribution in [-0.4, -0.2) is 49.6 Å². The maximum atomic E-state index is 12.7. The van der Waals surface area contributed by atoms with Gasteiger partial charge in [-0.25, -0.2) is 14.8 Å². The molecule has 1 aromatic carbocycles. The van der Waals surface area contributed by atoms with E-state index in [9.17, 15) is 4.79 Å². The minimum atomic E-state index is -0.532. The third kappa shape index (κ3) is 6.72. The summed E-state index contributed by atoms with van der Waals surface area (Å²) >= 11 is 6.52. The van der Waals surface area contributed by atoms with Crippen LogP contribution < -0.4 is 10.1 Å². The third-order valence-electron chi connectivity index (χ3n) is 6.33. The standard InChI is InChI=1S/C29H31ClN6O3/c1-29(2,3)39-28(37)36-12-6-7-19(16-36)24-14-22-25(15-32-24)33-18-34-27(22)35-20-9-10-26(23(30)13-20)38-17-21-8-4-5-11-31-21/h4-5,8-11,13-15,18-19H,6-7,12,16-17H2,1-3H3,(H,33,34,35). The number of carbonyl (C=O) groups is 1. The quantitative estimate of drug-likeness (QED) is 0.292. The van der Waals surface area contributed by atoms with Crippen LogP contribution in [0.1, 0.15) is 50.9 Å². The van der Waals surface area contributed by atoms with Crippen molar-refractivity contribution in [2.75, 3.05) is 18.4 Å². The predicted octanol–water partition coefficient (Wildman–Crippen LogP) is 6.51. The van der Waals surface area contributed by atoms with Gasteiger partial charge in [0.05, 0.1) is 22.4 Å². The van der Waals surface area contributed by atoms with Crippen LogP contribution in [0.2, 0.25) is 5.02 Å². The second kappa shape index (κ2) is 11.4. The fourth-order valence-electron chi connectivity index (χ4n) is 4.48. The monoisotopic (exact) mass is 546 g/mol. The van der Waals surface area contributed by atoms with Crippen molar-refractivity contribution in [3.63, 3.8) is 0 Å². The van der Waals surface area contributed by atoms with Gasteiger partial charge in [-0.2, -0.15) is 0 Å². The Bertz CT molecular complexity index is 1460. The number of hydrogen-bond acceptors (Lipinski definition) is 8. The highest BCUT2D eigenvalue weighted by atomic mass is 35.5. The molecule has 9 nitrogen and oxygen atoms in total. The molecule has 1 aliphatic heterocycles. The number of nitrogens with one attached hydrogen (secondary N) is 1. The SMILES string of the molecule is CC(C)(C)OC(=O)N1CCCC(c2cc3c(Nc4ccc(OCc5ccccn5)c(Cl)c4)ncnc3cn2)C1. The molecule has 0 spiro atoms. The van der Waals surface area contributed by atoms with Crippen LogP contribution in [0.25, 0.3) is 10.9 Å². The van der Waals surface area contributed by atoms with Crippen molar-refractivity contribution >= 4 is 40.1 Å². The topological polar surface area (TPSA) is 102 Å². The number of likely N-dealkylation sites (tertiary alicyclic amines) is 1. The lowest BCUT2D eigenvalue weighted by Gasteiger charge is -2.34. The summed E-state index contributed by atoms with van der Waals surface area (Å²) in [6.07, 6.45) is 6.51. The van der Waals surface area contributed by atoms with E-state index in [2.05, 4.69) is 25.3 Å². The Hall–Kier alpha value is -3.98. The molecule has 1 saturated heterocycles. The normalized spacial score (nSPS) is 15.7. The molecule has 1 amide bonds. The Morgan fingerprint density at radius 3 is 2.77 bits per heavy atom. The first kappa shape index (κ1) is 26.6. The highest BCUT2D eigenvalue weighted by Crippen LogP contribution is 2.33. The van der Waals surface area contributed by atoms with Gasteiger partial charge >= 0.3 is 6.09 Å². The van der Waals surface area contributed by atoms with Gasteiger partial charge in [0.2, 0.25) is 0 Å². The van der Waals surface area contributed by atoms with Crippen molar-refractivity contribution < 1.29 is 14.3 Å². The molecule has 4 aromatic rings. The van der Waals surface area contributed by atoms with Crippen molar-refractivity contribution in [1.29, 1.82) is 0 Å². The van der Waals surface area contributed by atoms with Crippen LogP contribution >= 0.6 is 11.6 Å². The number of aromatic nitrogens is 4. The zero-order chi connectivity index (χ0) is 27.4. The first-order valence-electron chi connectivity index (χ1n) is 12.9. The van der Waals surface area contributed by atoms with E-state index in [1.165, 1.54) is 6.33 Å². The van der Waals surface area contributed by atoms with E-state index in [4.69, 9.17) is 21.1 Å². The summed E-state index contributed by atoms with van der Waals surface area (Å²) in [6, 6.07) is 13.2. The minimum absolute atomic E-state index is 0.0914. The van der Waals surface area contributed by atoms with E-state index >= 15 is 0 Å². The Labute approximate surface area is 232 Å². The number of nitrogens with zero attached hydrogens (tertiary/aromatic N) is 5. The minimum Gasteiger partial charge on any atom is -0.486 e. The molecule has 1 unspecified atom stereocenters. The van der Waals surface area contributed by atoms with Crippen molar-refractivity contribution in [2.45, 2.75) is 51.7 Å². The van der Waals surface area contributed by atoms with Gasteiger partial charge in [-0.05, 0) is 70.0 Å². The number of ether oxygens (including phenoxy) is 2.